The van der Waals surface area contributed by atoms with Crippen molar-refractivity contribution in [3.05, 3.63) is 58.4 Å². The number of aromatic nitrogens is 1. The van der Waals surface area contributed by atoms with E-state index in [4.69, 9.17) is 11.6 Å². The Morgan fingerprint density at radius 2 is 2.00 bits per heavy atom. The van der Waals surface area contributed by atoms with Gasteiger partial charge in [0.05, 0.1) is 4.90 Å². The Bertz CT molecular complexity index is 745. The van der Waals surface area contributed by atoms with E-state index in [0.29, 0.717) is 23.7 Å². The van der Waals surface area contributed by atoms with Gasteiger partial charge >= 0.3 is 0 Å². The van der Waals surface area contributed by atoms with Gasteiger partial charge in [-0.25, -0.2) is 8.42 Å². The minimum atomic E-state index is -3.30. The summed E-state index contributed by atoms with van der Waals surface area (Å²) < 4.78 is 23.6. The molecule has 21 heavy (non-hydrogen) atoms. The van der Waals surface area contributed by atoms with Crippen LogP contribution < -0.4 is 5.32 Å². The quantitative estimate of drug-likeness (QED) is 0.918. The largest absolute Gasteiger partial charge is 0.308 e. The minimum Gasteiger partial charge on any atom is -0.308 e. The molecule has 0 unspecified atom stereocenters. The monoisotopic (exact) mass is 324 g/mol. The van der Waals surface area contributed by atoms with E-state index in [-0.39, 0.29) is 4.90 Å². The third-order valence-electron chi connectivity index (χ3n) is 3.24. The zero-order valence-corrected chi connectivity index (χ0v) is 13.5. The van der Waals surface area contributed by atoms with Crippen molar-refractivity contribution in [2.45, 2.75) is 24.9 Å². The molecule has 1 aromatic carbocycles. The Morgan fingerprint density at radius 1 is 1.24 bits per heavy atom. The van der Waals surface area contributed by atoms with Crippen molar-refractivity contribution in [1.82, 2.24) is 10.3 Å². The van der Waals surface area contributed by atoms with E-state index in [0.717, 1.165) is 11.1 Å². The first-order valence-corrected chi connectivity index (χ1v) is 8.74. The fraction of sp³-hybridized carbons (Fsp3) is 0.267. The predicted octanol–water partition coefficient (Wildman–Crippen LogP) is 2.74. The topological polar surface area (TPSA) is 59.1 Å². The second-order valence-electron chi connectivity index (χ2n) is 4.89. The average Bonchev–Trinajstić information content (AvgIpc) is 2.41. The Hall–Kier alpha value is -1.43. The number of nitrogens with one attached hydrogen (secondary N) is 1. The molecule has 0 aliphatic rings. The summed E-state index contributed by atoms with van der Waals surface area (Å²) in [5.74, 6) is 0. The van der Waals surface area contributed by atoms with Crippen LogP contribution in [0.2, 0.25) is 5.02 Å². The first-order chi connectivity index (χ1) is 9.89. The van der Waals surface area contributed by atoms with E-state index in [1.54, 1.807) is 30.6 Å². The maximum absolute atomic E-state index is 11.8. The Morgan fingerprint density at radius 3 is 2.67 bits per heavy atom. The highest BCUT2D eigenvalue weighted by Crippen LogP contribution is 2.24. The van der Waals surface area contributed by atoms with Crippen molar-refractivity contribution >= 4 is 21.4 Å². The summed E-state index contributed by atoms with van der Waals surface area (Å²) in [6.07, 6.45) is 4.73. The number of nitrogens with zero attached hydrogens (tertiary/aromatic N) is 1. The van der Waals surface area contributed by atoms with Crippen molar-refractivity contribution in [2.24, 2.45) is 0 Å². The molecule has 0 radical (unpaired) electrons. The van der Waals surface area contributed by atoms with E-state index in [9.17, 15) is 8.42 Å². The summed E-state index contributed by atoms with van der Waals surface area (Å²) in [4.78, 5) is 4.35. The lowest BCUT2D eigenvalue weighted by Gasteiger charge is -2.12. The molecule has 112 valence electrons. The molecule has 0 fully saturated rings. The van der Waals surface area contributed by atoms with Gasteiger partial charge in [0, 0.05) is 42.3 Å². The molecule has 0 saturated heterocycles. The summed E-state index contributed by atoms with van der Waals surface area (Å²) in [5, 5.41) is 3.68. The first-order valence-electron chi connectivity index (χ1n) is 6.47. The maximum atomic E-state index is 11.8. The SMILES string of the molecule is Cc1ccncc1CNCc1c(Cl)cccc1S(C)(=O)=O. The highest BCUT2D eigenvalue weighted by molar-refractivity contribution is 7.90. The summed E-state index contributed by atoms with van der Waals surface area (Å²) >= 11 is 6.13. The van der Waals surface area contributed by atoms with Gasteiger partial charge in [-0.2, -0.15) is 0 Å². The van der Waals surface area contributed by atoms with Crippen LogP contribution in [0, 0.1) is 6.92 Å². The van der Waals surface area contributed by atoms with Gasteiger partial charge in [-0.3, -0.25) is 4.98 Å². The number of pyridine rings is 1. The van der Waals surface area contributed by atoms with Gasteiger partial charge in [0.15, 0.2) is 9.84 Å². The summed E-state index contributed by atoms with van der Waals surface area (Å²) in [7, 11) is -3.30. The highest BCUT2D eigenvalue weighted by Gasteiger charge is 2.15. The second kappa shape index (κ2) is 6.56. The van der Waals surface area contributed by atoms with Crippen LogP contribution in [0.15, 0.2) is 41.6 Å². The molecule has 1 N–H and O–H groups in total. The van der Waals surface area contributed by atoms with Crippen molar-refractivity contribution < 1.29 is 8.42 Å². The molecule has 0 bridgehead atoms. The Kier molecular flexibility index (Phi) is 4.98. The molecule has 0 spiro atoms. The van der Waals surface area contributed by atoms with Crippen molar-refractivity contribution in [3.63, 3.8) is 0 Å². The number of aryl methyl sites for hydroxylation is 1. The molecular formula is C15H17ClN2O2S. The minimum absolute atomic E-state index is 0.269. The molecule has 1 aromatic heterocycles. The molecular weight excluding hydrogens is 308 g/mol. The van der Waals surface area contributed by atoms with Crippen molar-refractivity contribution in [1.29, 1.82) is 0 Å². The van der Waals surface area contributed by atoms with Crippen LogP contribution in [-0.4, -0.2) is 19.7 Å². The number of sulfone groups is 1. The molecule has 1 heterocycles. The lowest BCUT2D eigenvalue weighted by atomic mass is 10.1. The molecule has 0 aliphatic carbocycles. The van der Waals surface area contributed by atoms with E-state index in [1.165, 1.54) is 6.26 Å². The second-order valence-corrected chi connectivity index (χ2v) is 7.29. The van der Waals surface area contributed by atoms with Gasteiger partial charge in [-0.15, -0.1) is 0 Å². The summed E-state index contributed by atoms with van der Waals surface area (Å²) in [5.41, 5.74) is 2.81. The normalized spacial score (nSPS) is 11.6. The molecule has 0 aliphatic heterocycles. The zero-order valence-electron chi connectivity index (χ0n) is 11.9. The first kappa shape index (κ1) is 15.9. The average molecular weight is 325 g/mol. The molecule has 4 nitrogen and oxygen atoms in total. The van der Waals surface area contributed by atoms with Crippen LogP contribution in [0.3, 0.4) is 0 Å². The third kappa shape index (κ3) is 4.03. The predicted molar refractivity (Wildman–Crippen MR) is 84.1 cm³/mol. The fourth-order valence-corrected chi connectivity index (χ4v) is 3.31. The molecule has 0 saturated carbocycles. The van der Waals surface area contributed by atoms with E-state index in [2.05, 4.69) is 10.3 Å². The maximum Gasteiger partial charge on any atom is 0.175 e. The van der Waals surface area contributed by atoms with Crippen molar-refractivity contribution in [3.8, 4) is 0 Å². The van der Waals surface area contributed by atoms with Crippen LogP contribution in [0.4, 0.5) is 0 Å². The highest BCUT2D eigenvalue weighted by atomic mass is 35.5. The lowest BCUT2D eigenvalue weighted by molar-refractivity contribution is 0.598. The van der Waals surface area contributed by atoms with Gasteiger partial charge in [0.2, 0.25) is 0 Å². The zero-order chi connectivity index (χ0) is 15.5. The van der Waals surface area contributed by atoms with Gasteiger partial charge in [-0.05, 0) is 36.2 Å². The molecule has 6 heteroatoms. The van der Waals surface area contributed by atoms with Gasteiger partial charge < -0.3 is 5.32 Å². The molecule has 2 aromatic rings. The molecule has 0 amide bonds. The number of rotatable bonds is 5. The molecule has 2 rings (SSSR count). The van der Waals surface area contributed by atoms with Crippen LogP contribution in [0.5, 0.6) is 0 Å². The smallest absolute Gasteiger partial charge is 0.175 e. The number of hydrogen-bond acceptors (Lipinski definition) is 4. The number of benzene rings is 1. The fourth-order valence-electron chi connectivity index (χ4n) is 2.06. The number of hydrogen-bond donors (Lipinski definition) is 1. The Labute approximate surface area is 130 Å². The molecule has 0 atom stereocenters. The lowest BCUT2D eigenvalue weighted by Crippen LogP contribution is -2.16. The van der Waals surface area contributed by atoms with Crippen molar-refractivity contribution in [2.75, 3.05) is 6.26 Å². The van der Waals surface area contributed by atoms with Crippen LogP contribution in [0.25, 0.3) is 0 Å². The van der Waals surface area contributed by atoms with Gasteiger partial charge in [0.1, 0.15) is 0 Å². The van der Waals surface area contributed by atoms with Crippen LogP contribution in [-0.2, 0) is 22.9 Å². The van der Waals surface area contributed by atoms with E-state index < -0.39 is 9.84 Å². The van der Waals surface area contributed by atoms with Crippen LogP contribution in [0.1, 0.15) is 16.7 Å². The summed E-state index contributed by atoms with van der Waals surface area (Å²) in [6.45, 7) is 3.00. The van der Waals surface area contributed by atoms with Gasteiger partial charge in [-0.1, -0.05) is 17.7 Å². The standard InChI is InChI=1S/C15H17ClN2O2S/c1-11-6-7-17-8-12(11)9-18-10-13-14(16)4-3-5-15(13)21(2,19)20/h3-8,18H,9-10H2,1-2H3. The summed E-state index contributed by atoms with van der Waals surface area (Å²) in [6, 6.07) is 6.86. The third-order valence-corrected chi connectivity index (χ3v) is 4.78. The van der Waals surface area contributed by atoms with Crippen LogP contribution >= 0.6 is 11.6 Å². The van der Waals surface area contributed by atoms with Gasteiger partial charge in [0.25, 0.3) is 0 Å². The van der Waals surface area contributed by atoms with E-state index >= 15 is 0 Å². The number of halogens is 1. The van der Waals surface area contributed by atoms with E-state index in [1.807, 2.05) is 13.0 Å². The Balaban J connectivity index is 2.16.